The fraction of sp³-hybridized carbons (Fsp3) is 0.176. The highest BCUT2D eigenvalue weighted by Gasteiger charge is 2.16. The summed E-state index contributed by atoms with van der Waals surface area (Å²) in [5, 5.41) is 1.24. The third-order valence-electron chi connectivity index (χ3n) is 3.90. The first-order valence-corrected chi connectivity index (χ1v) is 11.6. The number of benzene rings is 2. The number of fused-ring (bicyclic) bond motifs is 1. The normalized spacial score (nSPS) is 12.4. The van der Waals surface area contributed by atoms with Crippen LogP contribution in [0.25, 0.3) is 10.9 Å². The summed E-state index contributed by atoms with van der Waals surface area (Å²) >= 11 is 6.06. The van der Waals surface area contributed by atoms with Gasteiger partial charge in [-0.3, -0.25) is 4.72 Å². The standard InChI is InChI=1S/C17H17ClN2O4S2/c1-25(21,22)10-9-12-5-7-13(8-6-12)26(23,24)20-16-4-2-3-14-15(18)11-19-17(14)16/h2-8,11,19-20H,9-10H2,1H3. The molecule has 0 spiro atoms. The molecular weight excluding hydrogens is 396 g/mol. The molecule has 9 heteroatoms. The number of sulfone groups is 1. The van der Waals surface area contributed by atoms with E-state index in [1.54, 1.807) is 36.5 Å². The minimum atomic E-state index is -3.79. The van der Waals surface area contributed by atoms with Crippen LogP contribution < -0.4 is 4.72 Å². The number of hydrogen-bond acceptors (Lipinski definition) is 4. The minimum absolute atomic E-state index is 0.0208. The predicted molar refractivity (Wildman–Crippen MR) is 104 cm³/mol. The quantitative estimate of drug-likeness (QED) is 0.649. The largest absolute Gasteiger partial charge is 0.358 e. The Bertz CT molecular complexity index is 1150. The second-order valence-corrected chi connectivity index (χ2v) is 10.3. The summed E-state index contributed by atoms with van der Waals surface area (Å²) in [4.78, 5) is 3.05. The molecule has 0 unspecified atom stereocenters. The summed E-state index contributed by atoms with van der Waals surface area (Å²) in [5.74, 6) is 0.0208. The average molecular weight is 413 g/mol. The number of aromatic nitrogens is 1. The molecule has 26 heavy (non-hydrogen) atoms. The predicted octanol–water partition coefficient (Wildman–Crippen LogP) is 3.21. The van der Waals surface area contributed by atoms with Crippen molar-refractivity contribution < 1.29 is 16.8 Å². The van der Waals surface area contributed by atoms with Gasteiger partial charge in [-0.2, -0.15) is 0 Å². The van der Waals surface area contributed by atoms with Gasteiger partial charge in [0.2, 0.25) is 0 Å². The van der Waals surface area contributed by atoms with Crippen LogP contribution in [0.15, 0.2) is 53.6 Å². The molecule has 2 N–H and O–H groups in total. The van der Waals surface area contributed by atoms with Crippen LogP contribution in [0, 0.1) is 0 Å². The van der Waals surface area contributed by atoms with Crippen molar-refractivity contribution in [2.24, 2.45) is 0 Å². The smallest absolute Gasteiger partial charge is 0.261 e. The van der Waals surface area contributed by atoms with Crippen LogP contribution in [0.1, 0.15) is 5.56 Å². The van der Waals surface area contributed by atoms with E-state index >= 15 is 0 Å². The Morgan fingerprint density at radius 1 is 1.04 bits per heavy atom. The first-order valence-electron chi connectivity index (χ1n) is 7.71. The Labute approximate surface area is 157 Å². The van der Waals surface area contributed by atoms with Crippen molar-refractivity contribution in [1.82, 2.24) is 4.98 Å². The van der Waals surface area contributed by atoms with E-state index in [2.05, 4.69) is 9.71 Å². The Hall–Kier alpha value is -2.03. The molecule has 138 valence electrons. The summed E-state index contributed by atoms with van der Waals surface area (Å²) in [6.45, 7) is 0. The van der Waals surface area contributed by atoms with Crippen molar-refractivity contribution in [3.05, 3.63) is 59.2 Å². The number of anilines is 1. The van der Waals surface area contributed by atoms with Crippen molar-refractivity contribution >= 4 is 48.1 Å². The van der Waals surface area contributed by atoms with Gasteiger partial charge in [0.1, 0.15) is 9.84 Å². The van der Waals surface area contributed by atoms with Crippen LogP contribution in [0.2, 0.25) is 5.02 Å². The molecule has 0 bridgehead atoms. The molecule has 0 amide bonds. The molecule has 3 rings (SSSR count). The molecule has 0 saturated heterocycles. The first kappa shape index (κ1) is 18.8. The number of H-pyrrole nitrogens is 1. The molecule has 1 aromatic heterocycles. The molecule has 0 saturated carbocycles. The summed E-state index contributed by atoms with van der Waals surface area (Å²) in [5.41, 5.74) is 1.76. The van der Waals surface area contributed by atoms with Crippen LogP contribution in [0.3, 0.4) is 0 Å². The van der Waals surface area contributed by atoms with Crippen molar-refractivity contribution in [1.29, 1.82) is 0 Å². The Balaban J connectivity index is 1.83. The highest BCUT2D eigenvalue weighted by molar-refractivity contribution is 7.92. The van der Waals surface area contributed by atoms with Crippen LogP contribution >= 0.6 is 11.6 Å². The monoisotopic (exact) mass is 412 g/mol. The Kier molecular flexibility index (Phi) is 5.01. The van der Waals surface area contributed by atoms with E-state index in [1.807, 2.05) is 0 Å². The molecule has 0 fully saturated rings. The highest BCUT2D eigenvalue weighted by atomic mass is 35.5. The topological polar surface area (TPSA) is 96.1 Å². The number of para-hydroxylation sites is 1. The zero-order chi connectivity index (χ0) is 18.9. The zero-order valence-electron chi connectivity index (χ0n) is 13.9. The molecule has 0 aliphatic rings. The maximum atomic E-state index is 12.6. The molecule has 0 aliphatic carbocycles. The van der Waals surface area contributed by atoms with Gasteiger partial charge < -0.3 is 4.98 Å². The third-order valence-corrected chi connectivity index (χ3v) is 6.54. The number of nitrogens with one attached hydrogen (secondary N) is 2. The van der Waals surface area contributed by atoms with Crippen molar-refractivity contribution in [2.75, 3.05) is 16.7 Å². The van der Waals surface area contributed by atoms with Gasteiger partial charge in [-0.25, -0.2) is 16.8 Å². The fourth-order valence-corrected chi connectivity index (χ4v) is 4.44. The van der Waals surface area contributed by atoms with Crippen molar-refractivity contribution in [3.8, 4) is 0 Å². The van der Waals surface area contributed by atoms with Crippen LogP contribution in [-0.4, -0.2) is 33.8 Å². The third kappa shape index (κ3) is 4.20. The maximum Gasteiger partial charge on any atom is 0.261 e. The molecule has 0 aliphatic heterocycles. The van der Waals surface area contributed by atoms with Gasteiger partial charge in [-0.05, 0) is 30.2 Å². The number of hydrogen-bond donors (Lipinski definition) is 2. The second-order valence-electron chi connectivity index (χ2n) is 5.99. The van der Waals surface area contributed by atoms with Gasteiger partial charge in [0.05, 0.1) is 26.9 Å². The van der Waals surface area contributed by atoms with Gasteiger partial charge in [0.25, 0.3) is 10.0 Å². The molecule has 2 aromatic carbocycles. The summed E-state index contributed by atoms with van der Waals surface area (Å²) in [6, 6.07) is 11.3. The molecular formula is C17H17ClN2O4S2. The van der Waals surface area contributed by atoms with Crippen LogP contribution in [0.4, 0.5) is 5.69 Å². The second kappa shape index (κ2) is 6.94. The van der Waals surface area contributed by atoms with Crippen LogP contribution in [-0.2, 0) is 26.3 Å². The molecule has 1 heterocycles. The van der Waals surface area contributed by atoms with E-state index < -0.39 is 19.9 Å². The van der Waals surface area contributed by atoms with E-state index in [0.29, 0.717) is 22.6 Å². The van der Waals surface area contributed by atoms with E-state index in [9.17, 15) is 16.8 Å². The van der Waals surface area contributed by atoms with Crippen LogP contribution in [0.5, 0.6) is 0 Å². The molecule has 6 nitrogen and oxygen atoms in total. The summed E-state index contributed by atoms with van der Waals surface area (Å²) < 4.78 is 50.3. The van der Waals surface area contributed by atoms with Gasteiger partial charge in [-0.1, -0.05) is 35.9 Å². The minimum Gasteiger partial charge on any atom is -0.358 e. The van der Waals surface area contributed by atoms with E-state index in [1.165, 1.54) is 18.4 Å². The highest BCUT2D eigenvalue weighted by Crippen LogP contribution is 2.29. The first-order chi connectivity index (χ1) is 12.2. The molecule has 0 radical (unpaired) electrons. The Morgan fingerprint density at radius 3 is 2.38 bits per heavy atom. The lowest BCUT2D eigenvalue weighted by Crippen LogP contribution is -2.13. The number of halogens is 1. The lowest BCUT2D eigenvalue weighted by Gasteiger charge is -2.10. The number of rotatable bonds is 6. The number of aryl methyl sites for hydroxylation is 1. The average Bonchev–Trinajstić information content (AvgIpc) is 2.95. The van der Waals surface area contributed by atoms with Gasteiger partial charge in [0, 0.05) is 17.8 Å². The molecule has 3 aromatic rings. The van der Waals surface area contributed by atoms with E-state index in [4.69, 9.17) is 11.6 Å². The lowest BCUT2D eigenvalue weighted by molar-refractivity contribution is 0.599. The van der Waals surface area contributed by atoms with Gasteiger partial charge in [-0.15, -0.1) is 0 Å². The van der Waals surface area contributed by atoms with Crippen molar-refractivity contribution in [2.45, 2.75) is 11.3 Å². The van der Waals surface area contributed by atoms with E-state index in [-0.39, 0.29) is 10.6 Å². The zero-order valence-corrected chi connectivity index (χ0v) is 16.2. The fourth-order valence-electron chi connectivity index (χ4n) is 2.55. The van der Waals surface area contributed by atoms with Crippen molar-refractivity contribution in [3.63, 3.8) is 0 Å². The summed E-state index contributed by atoms with van der Waals surface area (Å²) in [7, 11) is -6.85. The number of sulfonamides is 1. The lowest BCUT2D eigenvalue weighted by atomic mass is 10.2. The Morgan fingerprint density at radius 2 is 1.73 bits per heavy atom. The van der Waals surface area contributed by atoms with E-state index in [0.717, 1.165) is 10.9 Å². The SMILES string of the molecule is CS(=O)(=O)CCc1ccc(S(=O)(=O)Nc2cccc3c(Cl)c[nH]c23)cc1. The van der Waals surface area contributed by atoms with Gasteiger partial charge in [0.15, 0.2) is 0 Å². The van der Waals surface area contributed by atoms with Gasteiger partial charge >= 0.3 is 0 Å². The number of aromatic amines is 1. The maximum absolute atomic E-state index is 12.6. The molecule has 0 atom stereocenters. The summed E-state index contributed by atoms with van der Waals surface area (Å²) in [6.07, 6.45) is 3.11.